The lowest BCUT2D eigenvalue weighted by atomic mass is 10.1. The number of aryl methyl sites for hydroxylation is 1. The quantitative estimate of drug-likeness (QED) is 0.394. The van der Waals surface area contributed by atoms with Crippen LogP contribution < -0.4 is 10.6 Å². The number of imidazole rings is 1. The van der Waals surface area contributed by atoms with Crippen molar-refractivity contribution in [1.82, 2.24) is 25.1 Å². The van der Waals surface area contributed by atoms with Gasteiger partial charge in [0.1, 0.15) is 5.60 Å². The summed E-state index contributed by atoms with van der Waals surface area (Å²) in [6.07, 6.45) is 6.23. The summed E-state index contributed by atoms with van der Waals surface area (Å²) in [5.41, 5.74) is 1.70. The average Bonchev–Trinajstić information content (AvgIpc) is 3.20. The van der Waals surface area contributed by atoms with Crippen LogP contribution in [-0.2, 0) is 24.4 Å². The summed E-state index contributed by atoms with van der Waals surface area (Å²) in [5.74, 6) is 0.773. The van der Waals surface area contributed by atoms with Gasteiger partial charge >= 0.3 is 6.09 Å². The number of rotatable bonds is 8. The first-order valence-electron chi connectivity index (χ1n) is 10.2. The Hall–Kier alpha value is -3.03. The van der Waals surface area contributed by atoms with E-state index in [1.54, 1.807) is 25.2 Å². The number of nitrogens with one attached hydrogen (secondary N) is 2. The van der Waals surface area contributed by atoms with Crippen LogP contribution in [0.3, 0.4) is 0 Å². The van der Waals surface area contributed by atoms with E-state index in [9.17, 15) is 4.79 Å². The van der Waals surface area contributed by atoms with Crippen LogP contribution in [0.25, 0.3) is 0 Å². The van der Waals surface area contributed by atoms with Gasteiger partial charge in [-0.25, -0.2) is 9.78 Å². The second-order valence-corrected chi connectivity index (χ2v) is 8.16. The lowest BCUT2D eigenvalue weighted by Crippen LogP contribution is -2.37. The Bertz CT molecular complexity index is 794. The van der Waals surface area contributed by atoms with Crippen LogP contribution in [0.2, 0.25) is 0 Å². The molecule has 8 nitrogen and oxygen atoms in total. The summed E-state index contributed by atoms with van der Waals surface area (Å²) in [6, 6.07) is 8.16. The maximum atomic E-state index is 12.1. The van der Waals surface area contributed by atoms with Crippen LogP contribution in [0, 0.1) is 0 Å². The van der Waals surface area contributed by atoms with Gasteiger partial charge in [-0.1, -0.05) is 24.3 Å². The molecule has 0 bridgehead atoms. The summed E-state index contributed by atoms with van der Waals surface area (Å²) in [7, 11) is 3.51. The van der Waals surface area contributed by atoms with Crippen molar-refractivity contribution < 1.29 is 9.53 Å². The highest BCUT2D eigenvalue weighted by atomic mass is 16.6. The molecular formula is C22H34N6O2. The molecule has 0 saturated heterocycles. The molecule has 0 fully saturated rings. The first kappa shape index (κ1) is 23.3. The van der Waals surface area contributed by atoms with E-state index in [1.165, 1.54) is 0 Å². The fraction of sp³-hybridized carbons (Fsp3) is 0.500. The third-order valence-electron chi connectivity index (χ3n) is 4.28. The number of nitrogens with zero attached hydrogens (tertiary/aromatic N) is 4. The van der Waals surface area contributed by atoms with Gasteiger partial charge < -0.3 is 24.8 Å². The predicted molar refractivity (Wildman–Crippen MR) is 119 cm³/mol. The number of benzene rings is 1. The van der Waals surface area contributed by atoms with Crippen molar-refractivity contribution in [3.63, 3.8) is 0 Å². The Morgan fingerprint density at radius 3 is 2.50 bits per heavy atom. The van der Waals surface area contributed by atoms with Crippen LogP contribution >= 0.6 is 0 Å². The molecule has 0 aliphatic rings. The molecule has 2 N–H and O–H groups in total. The molecule has 30 heavy (non-hydrogen) atoms. The average molecular weight is 415 g/mol. The number of hydrogen-bond acceptors (Lipinski definition) is 4. The first-order chi connectivity index (χ1) is 14.3. The molecule has 0 aliphatic carbocycles. The van der Waals surface area contributed by atoms with Crippen molar-refractivity contribution in [2.24, 2.45) is 4.99 Å². The molecule has 2 aromatic rings. The number of amides is 1. The maximum Gasteiger partial charge on any atom is 0.410 e. The van der Waals surface area contributed by atoms with E-state index in [0.29, 0.717) is 13.1 Å². The van der Waals surface area contributed by atoms with Gasteiger partial charge in [0, 0.05) is 52.7 Å². The number of aliphatic imine (C=N–C) groups is 1. The zero-order valence-electron chi connectivity index (χ0n) is 18.7. The van der Waals surface area contributed by atoms with Gasteiger partial charge in [-0.15, -0.1) is 0 Å². The van der Waals surface area contributed by atoms with Crippen molar-refractivity contribution in [2.75, 3.05) is 20.6 Å². The molecule has 1 aromatic carbocycles. The highest BCUT2D eigenvalue weighted by Gasteiger charge is 2.19. The van der Waals surface area contributed by atoms with Crippen molar-refractivity contribution in [3.8, 4) is 0 Å². The smallest absolute Gasteiger partial charge is 0.410 e. The Balaban J connectivity index is 1.73. The summed E-state index contributed by atoms with van der Waals surface area (Å²) >= 11 is 0. The molecule has 0 saturated carbocycles. The minimum Gasteiger partial charge on any atom is -0.444 e. The standard InChI is InChI=1S/C22H34N6O2/c1-22(2,3)30-21(29)27(5)16-19-9-7-18(8-10-19)15-26-20(23-4)25-11-6-13-28-14-12-24-17-28/h7-10,12,14,17H,6,11,13,15-16H2,1-5H3,(H2,23,25,26). The van der Waals surface area contributed by atoms with E-state index < -0.39 is 5.60 Å². The molecule has 1 heterocycles. The number of aromatic nitrogens is 2. The fourth-order valence-electron chi connectivity index (χ4n) is 2.73. The second kappa shape index (κ2) is 11.2. The fourth-order valence-corrected chi connectivity index (χ4v) is 2.73. The molecule has 1 aromatic heterocycles. The zero-order valence-corrected chi connectivity index (χ0v) is 18.7. The Morgan fingerprint density at radius 1 is 1.20 bits per heavy atom. The molecule has 1 amide bonds. The Kier molecular flexibility index (Phi) is 8.70. The van der Waals surface area contributed by atoms with Crippen LogP contribution in [0.4, 0.5) is 4.79 Å². The van der Waals surface area contributed by atoms with Gasteiger partial charge in [-0.2, -0.15) is 0 Å². The van der Waals surface area contributed by atoms with Gasteiger partial charge in [-0.3, -0.25) is 4.99 Å². The van der Waals surface area contributed by atoms with Crippen LogP contribution in [0.5, 0.6) is 0 Å². The van der Waals surface area contributed by atoms with Crippen molar-refractivity contribution in [3.05, 3.63) is 54.1 Å². The normalized spacial score (nSPS) is 11.8. The largest absolute Gasteiger partial charge is 0.444 e. The van der Waals surface area contributed by atoms with Crippen LogP contribution in [0.1, 0.15) is 38.3 Å². The van der Waals surface area contributed by atoms with Gasteiger partial charge in [0.05, 0.1) is 6.33 Å². The first-order valence-corrected chi connectivity index (χ1v) is 10.2. The minimum atomic E-state index is -0.493. The molecule has 0 atom stereocenters. The third kappa shape index (κ3) is 8.55. The van der Waals surface area contributed by atoms with Gasteiger partial charge in [0.15, 0.2) is 5.96 Å². The van der Waals surface area contributed by atoms with Gasteiger partial charge in [0.2, 0.25) is 0 Å². The summed E-state index contributed by atoms with van der Waals surface area (Å²) in [6.45, 7) is 8.51. The van der Waals surface area contributed by atoms with Gasteiger partial charge in [0.25, 0.3) is 0 Å². The predicted octanol–water partition coefficient (Wildman–Crippen LogP) is 3.01. The lowest BCUT2D eigenvalue weighted by molar-refractivity contribution is 0.0285. The van der Waals surface area contributed by atoms with Crippen LogP contribution in [-0.4, -0.2) is 52.7 Å². The number of carbonyl (C=O) groups excluding carboxylic acids is 1. The molecule has 164 valence electrons. The topological polar surface area (TPSA) is 83.8 Å². The third-order valence-corrected chi connectivity index (χ3v) is 4.28. The number of ether oxygens (including phenoxy) is 1. The summed E-state index contributed by atoms with van der Waals surface area (Å²) in [4.78, 5) is 22.0. The van der Waals surface area contributed by atoms with E-state index in [-0.39, 0.29) is 6.09 Å². The van der Waals surface area contributed by atoms with Crippen molar-refractivity contribution in [1.29, 1.82) is 0 Å². The number of guanidine groups is 1. The summed E-state index contributed by atoms with van der Waals surface area (Å²) in [5, 5.41) is 6.64. The molecule has 0 spiro atoms. The van der Waals surface area contributed by atoms with E-state index in [2.05, 4.69) is 37.3 Å². The SMILES string of the molecule is CN=C(NCCCn1ccnc1)NCc1ccc(CN(C)C(=O)OC(C)(C)C)cc1. The van der Waals surface area contributed by atoms with Crippen molar-refractivity contribution >= 4 is 12.1 Å². The van der Waals surface area contributed by atoms with Crippen LogP contribution in [0.15, 0.2) is 48.0 Å². The van der Waals surface area contributed by atoms with E-state index in [1.807, 2.05) is 45.4 Å². The summed E-state index contributed by atoms with van der Waals surface area (Å²) < 4.78 is 7.44. The molecular weight excluding hydrogens is 380 g/mol. The molecule has 8 heteroatoms. The van der Waals surface area contributed by atoms with Crippen molar-refractivity contribution in [2.45, 2.75) is 52.4 Å². The number of carbonyl (C=O) groups is 1. The lowest BCUT2D eigenvalue weighted by Gasteiger charge is -2.24. The molecule has 2 rings (SSSR count). The number of hydrogen-bond donors (Lipinski definition) is 2. The van der Waals surface area contributed by atoms with E-state index >= 15 is 0 Å². The molecule has 0 radical (unpaired) electrons. The monoisotopic (exact) mass is 414 g/mol. The van der Waals surface area contributed by atoms with E-state index in [0.717, 1.165) is 36.6 Å². The van der Waals surface area contributed by atoms with E-state index in [4.69, 9.17) is 4.74 Å². The molecule has 0 unspecified atom stereocenters. The highest BCUT2D eigenvalue weighted by Crippen LogP contribution is 2.12. The Morgan fingerprint density at radius 2 is 1.90 bits per heavy atom. The van der Waals surface area contributed by atoms with Gasteiger partial charge in [-0.05, 0) is 38.3 Å². The maximum absolute atomic E-state index is 12.1. The second-order valence-electron chi connectivity index (χ2n) is 8.16. The minimum absolute atomic E-state index is 0.323. The Labute approximate surface area is 179 Å². The highest BCUT2D eigenvalue weighted by molar-refractivity contribution is 5.79. The molecule has 0 aliphatic heterocycles. The zero-order chi connectivity index (χ0) is 22.0.